The molecule has 0 amide bonds. The number of nitrogens with zero attached hydrogens (tertiary/aromatic N) is 5. The van der Waals surface area contributed by atoms with Crippen molar-refractivity contribution in [2.45, 2.75) is 14.7 Å². The summed E-state index contributed by atoms with van der Waals surface area (Å²) in [6.45, 7) is 0. The first-order valence-electron chi connectivity index (χ1n) is 14.1. The van der Waals surface area contributed by atoms with E-state index in [9.17, 15) is 48.5 Å². The van der Waals surface area contributed by atoms with Crippen LogP contribution in [0.25, 0.3) is 0 Å². The molecule has 0 atom stereocenters. The molecule has 7 N–H and O–H groups in total. The van der Waals surface area contributed by atoms with Crippen LogP contribution < -0.4 is 16.7 Å². The van der Waals surface area contributed by atoms with Crippen LogP contribution in [0.4, 0.5) is 34.1 Å². The van der Waals surface area contributed by atoms with Crippen LogP contribution in [0, 0.1) is 0 Å². The third-order valence-corrected chi connectivity index (χ3v) is 10.3. The molecule has 6 rings (SSSR count). The van der Waals surface area contributed by atoms with E-state index in [2.05, 4.69) is 35.5 Å². The first-order valence-corrected chi connectivity index (χ1v) is 19.2. The monoisotopic (exact) mass is 889 g/mol. The molecule has 0 spiro atoms. The van der Waals surface area contributed by atoms with E-state index in [0.29, 0.717) is 0 Å². The Morgan fingerprint density at radius 1 is 0.679 bits per heavy atom. The van der Waals surface area contributed by atoms with Crippen molar-refractivity contribution in [2.24, 2.45) is 15.2 Å². The summed E-state index contributed by atoms with van der Waals surface area (Å²) in [4.78, 5) is 39.0. The van der Waals surface area contributed by atoms with Gasteiger partial charge in [0.2, 0.25) is 16.2 Å². The maximum absolute atomic E-state index is 13.7. The fraction of sp³-hybridized carbons (Fsp3) is 0. The average molecular weight is 891 g/mol. The van der Waals surface area contributed by atoms with E-state index in [4.69, 9.17) is 28.9 Å². The fourth-order valence-electron chi connectivity index (χ4n) is 5.05. The average Bonchev–Trinajstić information content (AvgIpc) is 3.05. The number of rotatable bonds is 8. The molecule has 4 aromatic carbocycles. The number of nitrogen functional groups attached to an aromatic ring is 1. The minimum absolute atomic E-state index is 0. The van der Waals surface area contributed by atoms with Gasteiger partial charge in [-0.3, -0.25) is 28.2 Å². The number of benzene rings is 4. The first kappa shape index (κ1) is 47.9. The molecule has 1 aromatic heterocycles. The van der Waals surface area contributed by atoms with Crippen molar-refractivity contribution in [3.63, 3.8) is 0 Å². The molecule has 1 heterocycles. The number of hydrogen-bond donors (Lipinski definition) is 6. The van der Waals surface area contributed by atoms with Crippen molar-refractivity contribution in [2.75, 3.05) is 11.1 Å². The maximum Gasteiger partial charge on any atom is 0.296 e. The summed E-state index contributed by atoms with van der Waals surface area (Å²) in [5, 5.41) is 10.3. The van der Waals surface area contributed by atoms with E-state index >= 15 is 0 Å². The number of ketones is 2. The molecule has 5 aromatic rings. The molecule has 56 heavy (non-hydrogen) atoms. The maximum atomic E-state index is 13.7. The van der Waals surface area contributed by atoms with Gasteiger partial charge in [0.15, 0.2) is 11.6 Å². The summed E-state index contributed by atoms with van der Waals surface area (Å²) in [5.74, 6) is -1.93. The number of carbonyl (C=O) groups is 2. The van der Waals surface area contributed by atoms with E-state index in [-0.39, 0.29) is 139 Å². The molecule has 19 nitrogen and oxygen atoms in total. The third-order valence-electron chi connectivity index (χ3n) is 7.32. The first-order chi connectivity index (χ1) is 24.7. The van der Waals surface area contributed by atoms with E-state index in [1.54, 1.807) is 0 Å². The number of nitrogens with one attached hydrogen (secondary N) is 2. The van der Waals surface area contributed by atoms with E-state index in [1.165, 1.54) is 36.4 Å². The number of fused-ring (bicyclic) bond motifs is 2. The zero-order chi connectivity index (χ0) is 38.6. The second-order valence-corrected chi connectivity index (χ2v) is 15.6. The Labute approximate surface area is 392 Å². The Bertz CT molecular complexity index is 2860. The predicted octanol–water partition coefficient (Wildman–Crippen LogP) is 3.46. The zero-order valence-corrected chi connectivity index (χ0v) is 38.7. The van der Waals surface area contributed by atoms with Crippen LogP contribution in [-0.4, -0.2) is 154 Å². The quantitative estimate of drug-likeness (QED) is 0.0552. The van der Waals surface area contributed by atoms with Gasteiger partial charge in [0.05, 0.1) is 38.8 Å². The van der Waals surface area contributed by atoms with Crippen LogP contribution in [0.3, 0.4) is 0 Å². The van der Waals surface area contributed by atoms with Crippen molar-refractivity contribution in [1.82, 2.24) is 15.0 Å². The van der Waals surface area contributed by atoms with Crippen LogP contribution >= 0.6 is 23.2 Å². The molecule has 275 valence electrons. The molecule has 27 heteroatoms. The van der Waals surface area contributed by atoms with Gasteiger partial charge in [-0.05, 0) is 89.9 Å². The van der Waals surface area contributed by atoms with Crippen LogP contribution in [0.5, 0.6) is 0 Å². The number of azo groups is 1. The largest absolute Gasteiger partial charge is 0.397 e. The zero-order valence-electron chi connectivity index (χ0n) is 28.8. The van der Waals surface area contributed by atoms with Gasteiger partial charge < -0.3 is 11.1 Å². The molecular formula is C29H18Cl2N8Na3O11S3. The van der Waals surface area contributed by atoms with Crippen LogP contribution in [0.2, 0.25) is 10.6 Å². The summed E-state index contributed by atoms with van der Waals surface area (Å²) in [7, 11) is -14.7. The summed E-state index contributed by atoms with van der Waals surface area (Å²) < 4.78 is 101. The molecule has 3 radical (unpaired) electrons. The van der Waals surface area contributed by atoms with Crippen molar-refractivity contribution < 1.29 is 48.5 Å². The number of carbonyl (C=O) groups excluding carboxylic acids is 2. The number of halogens is 2. The Morgan fingerprint density at radius 3 is 1.88 bits per heavy atom. The Morgan fingerprint density at radius 2 is 1.29 bits per heavy atom. The van der Waals surface area contributed by atoms with Crippen LogP contribution in [0.1, 0.15) is 31.8 Å². The van der Waals surface area contributed by atoms with Gasteiger partial charge in [0.1, 0.15) is 15.5 Å². The standard InChI is InChI=1S/C29H18Cl2N8O11S3.3Na/c30-27-35-28(31)37-29(36-27)34-14-5-8-18(20(9-14)52(45,46)47)39-38-13-3-1-12(2-4-13)33-19-11-21(53(48,49)50)24(32)23-22(19)26(41)17-10-15(51(42,43)44)6-7-16(17)25(23)40;;;/h1-11,33H,32H2,(H,42,43,44)(H,45,46,47)(H,48,49,50)(H,34,35,36,37);;;. The smallest absolute Gasteiger partial charge is 0.296 e. The predicted molar refractivity (Wildman–Crippen MR) is 203 cm³/mol. The number of nitrogens with two attached hydrogens (primary N) is 1. The SMILES string of the molecule is Nc1c(S(=O)(=O)O)cc(Nc2ccc(N=Nc3ccc(N=c4nc(Cl)nc(Cl)[nH]4)cc3S(=O)(=O)O)cc2)c2c1C(=O)c1ccc(S(=O)(=O)O)cc1C2=O.[Na].[Na].[Na]. The van der Waals surface area contributed by atoms with Gasteiger partial charge in [-0.15, -0.1) is 5.11 Å². The summed E-state index contributed by atoms with van der Waals surface area (Å²) in [5.41, 5.74) is 2.97. The molecule has 1 aliphatic carbocycles. The van der Waals surface area contributed by atoms with Crippen molar-refractivity contribution in [3.05, 3.63) is 105 Å². The second kappa shape index (κ2) is 18.2. The van der Waals surface area contributed by atoms with E-state index in [0.717, 1.165) is 30.3 Å². The Kier molecular flexibility index (Phi) is 15.6. The Balaban J connectivity index is 0.00000280. The van der Waals surface area contributed by atoms with Crippen LogP contribution in [0.15, 0.2) is 96.6 Å². The van der Waals surface area contributed by atoms with Gasteiger partial charge in [-0.25, -0.2) is 4.99 Å². The molecule has 0 bridgehead atoms. The molecule has 0 saturated heterocycles. The number of aromatic nitrogens is 3. The van der Waals surface area contributed by atoms with Gasteiger partial charge in [-0.1, -0.05) is 0 Å². The molecule has 0 aliphatic heterocycles. The van der Waals surface area contributed by atoms with Crippen LogP contribution in [-0.2, 0) is 30.4 Å². The van der Waals surface area contributed by atoms with Crippen molar-refractivity contribution in [3.8, 4) is 0 Å². The Hall–Kier alpha value is -2.46. The molecule has 0 fully saturated rings. The molecule has 0 unspecified atom stereocenters. The molecular weight excluding hydrogens is 872 g/mol. The van der Waals surface area contributed by atoms with Crippen molar-refractivity contribution in [1.29, 1.82) is 0 Å². The normalized spacial score (nSPS) is 12.9. The van der Waals surface area contributed by atoms with Gasteiger partial charge in [-0.2, -0.15) is 40.3 Å². The summed E-state index contributed by atoms with van der Waals surface area (Å²) in [6, 6.07) is 12.4. The number of anilines is 3. The fourth-order valence-corrected chi connectivity index (χ4v) is 7.22. The van der Waals surface area contributed by atoms with E-state index < -0.39 is 79.0 Å². The molecule has 1 aliphatic rings. The van der Waals surface area contributed by atoms with E-state index in [1.807, 2.05) is 0 Å². The third kappa shape index (κ3) is 10.4. The number of H-pyrrole nitrogens is 1. The minimum atomic E-state index is -5.06. The summed E-state index contributed by atoms with van der Waals surface area (Å²) >= 11 is 11.6. The number of aromatic amines is 1. The second-order valence-electron chi connectivity index (χ2n) is 10.7. The van der Waals surface area contributed by atoms with Crippen molar-refractivity contribution >= 4 is 188 Å². The molecule has 0 saturated carbocycles. The van der Waals surface area contributed by atoms with Gasteiger partial charge >= 0.3 is 0 Å². The minimum Gasteiger partial charge on any atom is -0.397 e. The van der Waals surface area contributed by atoms with Gasteiger partial charge in [0, 0.05) is 105 Å². The topological polar surface area (TPSA) is 314 Å². The van der Waals surface area contributed by atoms with Gasteiger partial charge in [0.25, 0.3) is 30.4 Å². The number of hydrogen-bond acceptors (Lipinski definition) is 15. The summed E-state index contributed by atoms with van der Waals surface area (Å²) in [6.07, 6.45) is 0.